The maximum absolute atomic E-state index is 12.7. The average Bonchev–Trinajstić information content (AvgIpc) is 2.97. The van der Waals surface area contributed by atoms with Gasteiger partial charge in [-0.1, -0.05) is 50.6 Å². The van der Waals surface area contributed by atoms with E-state index in [2.05, 4.69) is 53.8 Å². The quantitative estimate of drug-likeness (QED) is 0.478. The van der Waals surface area contributed by atoms with Crippen molar-refractivity contribution in [3.8, 4) is 11.5 Å². The van der Waals surface area contributed by atoms with E-state index in [1.807, 2.05) is 62.5 Å². The summed E-state index contributed by atoms with van der Waals surface area (Å²) in [6, 6.07) is 15.7. The van der Waals surface area contributed by atoms with Gasteiger partial charge in [0.05, 0.1) is 9.26 Å². The van der Waals surface area contributed by atoms with Gasteiger partial charge in [0.1, 0.15) is 17.2 Å². The average molecular weight is 503 g/mol. The number of aryl methyl sites for hydroxylation is 2. The summed E-state index contributed by atoms with van der Waals surface area (Å²) in [6.07, 6.45) is 0. The molecule has 3 rings (SSSR count). The molecule has 0 aliphatic heterocycles. The molecule has 0 aliphatic carbocycles. The van der Waals surface area contributed by atoms with E-state index in [-0.39, 0.29) is 11.3 Å². The lowest BCUT2D eigenvalue weighted by atomic mass is 9.92. The Bertz CT molecular complexity index is 1000. The molecule has 0 fully saturated rings. The normalized spacial score (nSPS) is 11.4. The Morgan fingerprint density at radius 2 is 1.62 bits per heavy atom. The summed E-state index contributed by atoms with van der Waals surface area (Å²) in [4.78, 5) is 12.7. The van der Waals surface area contributed by atoms with Crippen molar-refractivity contribution in [2.75, 3.05) is 0 Å². The molecule has 1 aromatic heterocycles. The summed E-state index contributed by atoms with van der Waals surface area (Å²) in [5.74, 6) is 1.44. The molecule has 2 aromatic carbocycles. The van der Waals surface area contributed by atoms with Gasteiger partial charge in [-0.3, -0.25) is 9.48 Å². The Labute approximate surface area is 185 Å². The Hall–Kier alpha value is -2.35. The predicted octanol–water partition coefficient (Wildman–Crippen LogP) is 5.35. The molecule has 0 aliphatic rings. The second-order valence-corrected chi connectivity index (χ2v) is 9.21. The van der Waals surface area contributed by atoms with Gasteiger partial charge in [-0.25, -0.2) is 0 Å². The highest BCUT2D eigenvalue weighted by Crippen LogP contribution is 2.28. The van der Waals surface area contributed by atoms with Crippen LogP contribution < -0.4 is 10.1 Å². The maximum atomic E-state index is 12.7. The van der Waals surface area contributed by atoms with E-state index in [1.165, 1.54) is 5.56 Å². The summed E-state index contributed by atoms with van der Waals surface area (Å²) in [7, 11) is 1.81. The summed E-state index contributed by atoms with van der Waals surface area (Å²) in [6.45, 7) is 8.78. The number of halogens is 1. The smallest absolute Gasteiger partial charge is 0.270 e. The lowest BCUT2D eigenvalue weighted by Crippen LogP contribution is -2.26. The largest absolute Gasteiger partial charge is 0.457 e. The van der Waals surface area contributed by atoms with Gasteiger partial charge < -0.3 is 10.1 Å². The number of aromatic nitrogens is 2. The molecule has 0 atom stereocenters. The number of ether oxygens (including phenoxy) is 1. The fourth-order valence-corrected chi connectivity index (χ4v) is 4.42. The molecular formula is C23H26IN3O2. The minimum atomic E-state index is -0.125. The van der Waals surface area contributed by atoms with Gasteiger partial charge in [0.25, 0.3) is 5.91 Å². The molecule has 0 saturated carbocycles. The van der Waals surface area contributed by atoms with Crippen LogP contribution in [0.1, 0.15) is 48.1 Å². The number of amides is 1. The fourth-order valence-electron chi connectivity index (χ4n) is 2.91. The number of nitrogens with one attached hydrogen (secondary N) is 1. The molecule has 0 saturated heterocycles. The van der Waals surface area contributed by atoms with E-state index in [0.29, 0.717) is 12.2 Å². The number of carbonyl (C=O) groups excluding carboxylic acids is 1. The zero-order valence-corrected chi connectivity index (χ0v) is 19.6. The molecular weight excluding hydrogens is 477 g/mol. The van der Waals surface area contributed by atoms with E-state index < -0.39 is 0 Å². The van der Waals surface area contributed by atoms with Gasteiger partial charge in [-0.05, 0) is 59.3 Å². The molecule has 3 aromatic rings. The summed E-state index contributed by atoms with van der Waals surface area (Å²) >= 11 is 2.21. The van der Waals surface area contributed by atoms with E-state index in [1.54, 1.807) is 4.68 Å². The Kier molecular flexibility index (Phi) is 6.31. The van der Waals surface area contributed by atoms with Crippen molar-refractivity contribution in [1.29, 1.82) is 0 Å². The SMILES string of the molecule is Cc1ccc(Oc2ccc(CNC(=O)c3c(I)c(C(C)(C)C)nn3C)cc2)cc1. The minimum absolute atomic E-state index is 0.111. The number of nitrogens with zero attached hydrogens (tertiary/aromatic N) is 2. The molecule has 1 heterocycles. The van der Waals surface area contributed by atoms with Crippen LogP contribution >= 0.6 is 22.6 Å². The van der Waals surface area contributed by atoms with Gasteiger partial charge in [0, 0.05) is 19.0 Å². The van der Waals surface area contributed by atoms with Crippen LogP contribution in [0, 0.1) is 10.5 Å². The first-order valence-corrected chi connectivity index (χ1v) is 10.6. The molecule has 0 unspecified atom stereocenters. The molecule has 0 radical (unpaired) electrons. The van der Waals surface area contributed by atoms with Gasteiger partial charge >= 0.3 is 0 Å². The first-order chi connectivity index (χ1) is 13.6. The first-order valence-electron chi connectivity index (χ1n) is 9.50. The lowest BCUT2D eigenvalue weighted by molar-refractivity contribution is 0.0940. The monoisotopic (exact) mass is 503 g/mol. The van der Waals surface area contributed by atoms with Crippen molar-refractivity contribution >= 4 is 28.5 Å². The highest BCUT2D eigenvalue weighted by Gasteiger charge is 2.27. The van der Waals surface area contributed by atoms with Crippen LogP contribution in [0.3, 0.4) is 0 Å². The number of hydrogen-bond acceptors (Lipinski definition) is 3. The molecule has 5 nitrogen and oxygen atoms in total. The molecule has 1 amide bonds. The fraction of sp³-hybridized carbons (Fsp3) is 0.304. The van der Waals surface area contributed by atoms with Crippen molar-refractivity contribution in [3.63, 3.8) is 0 Å². The highest BCUT2D eigenvalue weighted by atomic mass is 127. The van der Waals surface area contributed by atoms with Crippen LogP contribution in [0.5, 0.6) is 11.5 Å². The molecule has 0 spiro atoms. The summed E-state index contributed by atoms with van der Waals surface area (Å²) in [5.41, 5.74) is 3.61. The van der Waals surface area contributed by atoms with Gasteiger partial charge in [-0.15, -0.1) is 0 Å². The van der Waals surface area contributed by atoms with Crippen LogP contribution in [0.2, 0.25) is 0 Å². The first kappa shape index (κ1) is 21.4. The van der Waals surface area contributed by atoms with E-state index in [0.717, 1.165) is 26.3 Å². The van der Waals surface area contributed by atoms with Gasteiger partial charge in [-0.2, -0.15) is 5.10 Å². The molecule has 1 N–H and O–H groups in total. The molecule has 29 heavy (non-hydrogen) atoms. The number of carbonyl (C=O) groups is 1. The van der Waals surface area contributed by atoms with Gasteiger partial charge in [0.2, 0.25) is 0 Å². The van der Waals surface area contributed by atoms with Gasteiger partial charge in [0.15, 0.2) is 0 Å². The lowest BCUT2D eigenvalue weighted by Gasteiger charge is -2.15. The van der Waals surface area contributed by atoms with Crippen LogP contribution in [0.15, 0.2) is 48.5 Å². The van der Waals surface area contributed by atoms with Crippen molar-refractivity contribution in [2.45, 2.75) is 39.7 Å². The molecule has 152 valence electrons. The van der Waals surface area contributed by atoms with Crippen LogP contribution in [0.25, 0.3) is 0 Å². The third-order valence-electron chi connectivity index (χ3n) is 4.55. The van der Waals surface area contributed by atoms with Crippen LogP contribution in [-0.2, 0) is 19.0 Å². The second kappa shape index (κ2) is 8.57. The van der Waals surface area contributed by atoms with Crippen molar-refractivity contribution in [1.82, 2.24) is 15.1 Å². The number of benzene rings is 2. The standard InChI is InChI=1S/C23H26IN3O2/c1-15-6-10-17(11-7-15)29-18-12-8-16(9-13-18)14-25-22(28)20-19(24)21(23(2,3)4)26-27(20)5/h6-13H,14H2,1-5H3,(H,25,28). The highest BCUT2D eigenvalue weighted by molar-refractivity contribution is 14.1. The molecule has 6 heteroatoms. The van der Waals surface area contributed by atoms with Crippen LogP contribution in [-0.4, -0.2) is 15.7 Å². The minimum Gasteiger partial charge on any atom is -0.457 e. The van der Waals surface area contributed by atoms with E-state index >= 15 is 0 Å². The van der Waals surface area contributed by atoms with E-state index in [9.17, 15) is 4.79 Å². The van der Waals surface area contributed by atoms with Crippen LogP contribution in [0.4, 0.5) is 0 Å². The van der Waals surface area contributed by atoms with E-state index in [4.69, 9.17) is 4.74 Å². The maximum Gasteiger partial charge on any atom is 0.270 e. The zero-order chi connectivity index (χ0) is 21.2. The summed E-state index contributed by atoms with van der Waals surface area (Å²) in [5, 5.41) is 7.54. The predicted molar refractivity (Wildman–Crippen MR) is 123 cm³/mol. The number of hydrogen-bond donors (Lipinski definition) is 1. The van der Waals surface area contributed by atoms with Crippen molar-refractivity contribution in [2.24, 2.45) is 7.05 Å². The Balaban J connectivity index is 1.64. The third kappa shape index (κ3) is 5.18. The second-order valence-electron chi connectivity index (χ2n) is 8.13. The summed E-state index contributed by atoms with van der Waals surface area (Å²) < 4.78 is 8.41. The third-order valence-corrected chi connectivity index (χ3v) is 5.57. The zero-order valence-electron chi connectivity index (χ0n) is 17.4. The topological polar surface area (TPSA) is 56.1 Å². The van der Waals surface area contributed by atoms with Crippen molar-refractivity contribution < 1.29 is 9.53 Å². The Morgan fingerprint density at radius 1 is 1.07 bits per heavy atom. The van der Waals surface area contributed by atoms with Crippen molar-refractivity contribution in [3.05, 3.63) is 74.6 Å². The number of rotatable bonds is 5. The molecule has 0 bridgehead atoms. The Morgan fingerprint density at radius 3 is 2.14 bits per heavy atom.